The van der Waals surface area contributed by atoms with Crippen molar-refractivity contribution in [3.63, 3.8) is 0 Å². The van der Waals surface area contributed by atoms with Crippen LogP contribution >= 0.6 is 11.8 Å². The lowest BCUT2D eigenvalue weighted by Gasteiger charge is -2.11. The van der Waals surface area contributed by atoms with Gasteiger partial charge in [0.2, 0.25) is 0 Å². The maximum Gasteiger partial charge on any atom is 0.284 e. The molecule has 152 valence electrons. The largest absolute Gasteiger partial charge is 0.493 e. The van der Waals surface area contributed by atoms with E-state index in [-0.39, 0.29) is 16.0 Å². The molecule has 2 aromatic rings. The van der Waals surface area contributed by atoms with E-state index in [1.807, 2.05) is 0 Å². The summed E-state index contributed by atoms with van der Waals surface area (Å²) in [5.74, 6) is 0.811. The van der Waals surface area contributed by atoms with E-state index in [9.17, 15) is 13.2 Å². The minimum atomic E-state index is -3.92. The van der Waals surface area contributed by atoms with Crippen LogP contribution in [0.5, 0.6) is 11.5 Å². The van der Waals surface area contributed by atoms with Crippen LogP contribution in [0.4, 0.5) is 0 Å². The Bertz CT molecular complexity index is 1080. The molecule has 1 amide bonds. The number of carbonyl (C=O) groups is 1. The Kier molecular flexibility index (Phi) is 6.29. The smallest absolute Gasteiger partial charge is 0.284 e. The zero-order valence-electron chi connectivity index (χ0n) is 16.2. The van der Waals surface area contributed by atoms with Crippen molar-refractivity contribution in [2.24, 2.45) is 4.40 Å². The Hall–Kier alpha value is -2.78. The number of likely N-dealkylation sites (N-methyl/N-ethyl adjacent to an activating group) is 1. The van der Waals surface area contributed by atoms with Gasteiger partial charge >= 0.3 is 0 Å². The van der Waals surface area contributed by atoms with Crippen LogP contribution in [0, 0.1) is 0 Å². The van der Waals surface area contributed by atoms with Gasteiger partial charge in [0.15, 0.2) is 16.7 Å². The van der Waals surface area contributed by atoms with Crippen molar-refractivity contribution < 1.29 is 22.7 Å². The standard InChI is InChI=1S/C20H20N2O5S2/c1-4-22-19(23)18(13-14-10-11-16(26-2)17(12-14)27-3)28-20(22)21-29(24,25)15-8-6-5-7-9-15/h5-13H,4H2,1-3H3. The third-order valence-electron chi connectivity index (χ3n) is 4.15. The van der Waals surface area contributed by atoms with Crippen LogP contribution in [0.1, 0.15) is 12.5 Å². The van der Waals surface area contributed by atoms with Crippen molar-refractivity contribution >= 4 is 38.9 Å². The minimum Gasteiger partial charge on any atom is -0.493 e. The van der Waals surface area contributed by atoms with Crippen molar-refractivity contribution in [2.45, 2.75) is 11.8 Å². The Morgan fingerprint density at radius 2 is 1.76 bits per heavy atom. The highest BCUT2D eigenvalue weighted by Crippen LogP contribution is 2.35. The maximum atomic E-state index is 12.8. The SMILES string of the molecule is CCN1C(=O)C(=Cc2ccc(OC)c(OC)c2)SC1=NS(=O)(=O)c1ccccc1. The van der Waals surface area contributed by atoms with E-state index in [1.165, 1.54) is 24.1 Å². The molecule has 0 radical (unpaired) electrons. The molecular weight excluding hydrogens is 412 g/mol. The van der Waals surface area contributed by atoms with Gasteiger partial charge in [0.05, 0.1) is 24.0 Å². The highest BCUT2D eigenvalue weighted by Gasteiger charge is 2.34. The van der Waals surface area contributed by atoms with Crippen LogP contribution in [0.3, 0.4) is 0 Å². The normalized spacial score (nSPS) is 17.2. The minimum absolute atomic E-state index is 0.0777. The van der Waals surface area contributed by atoms with Crippen LogP contribution in [-0.2, 0) is 14.8 Å². The molecule has 1 aliphatic heterocycles. The van der Waals surface area contributed by atoms with E-state index >= 15 is 0 Å². The Labute approximate surface area is 174 Å². The molecule has 29 heavy (non-hydrogen) atoms. The van der Waals surface area contributed by atoms with Crippen LogP contribution in [-0.4, -0.2) is 45.2 Å². The summed E-state index contributed by atoms with van der Waals surface area (Å²) in [6.07, 6.45) is 1.68. The number of benzene rings is 2. The topological polar surface area (TPSA) is 85.3 Å². The number of ether oxygens (including phenoxy) is 2. The number of amidine groups is 1. The van der Waals surface area contributed by atoms with Gasteiger partial charge in [0.1, 0.15) is 0 Å². The lowest BCUT2D eigenvalue weighted by atomic mass is 10.2. The fraction of sp³-hybridized carbons (Fsp3) is 0.200. The summed E-state index contributed by atoms with van der Waals surface area (Å²) >= 11 is 1.03. The number of hydrogen-bond acceptors (Lipinski definition) is 6. The molecule has 1 aliphatic rings. The third-order valence-corrected chi connectivity index (χ3v) is 6.55. The summed E-state index contributed by atoms with van der Waals surface area (Å²) in [5, 5.41) is 0.132. The molecule has 9 heteroatoms. The maximum absolute atomic E-state index is 12.8. The van der Waals surface area contributed by atoms with Crippen LogP contribution in [0.2, 0.25) is 0 Å². The molecular formula is C20H20N2O5S2. The van der Waals surface area contributed by atoms with Gasteiger partial charge in [0.25, 0.3) is 15.9 Å². The van der Waals surface area contributed by atoms with Gasteiger partial charge in [-0.3, -0.25) is 9.69 Å². The predicted molar refractivity (Wildman–Crippen MR) is 114 cm³/mol. The number of sulfonamides is 1. The molecule has 0 unspecified atom stereocenters. The summed E-state index contributed by atoms with van der Waals surface area (Å²) < 4.78 is 39.6. The molecule has 0 N–H and O–H groups in total. The van der Waals surface area contributed by atoms with Gasteiger partial charge in [-0.15, -0.1) is 4.40 Å². The van der Waals surface area contributed by atoms with Crippen molar-refractivity contribution in [3.05, 3.63) is 59.0 Å². The molecule has 3 rings (SSSR count). The molecule has 0 atom stereocenters. The van der Waals surface area contributed by atoms with Crippen LogP contribution < -0.4 is 9.47 Å². The summed E-state index contributed by atoms with van der Waals surface area (Å²) in [5.41, 5.74) is 0.724. The quantitative estimate of drug-likeness (QED) is 0.651. The lowest BCUT2D eigenvalue weighted by molar-refractivity contribution is -0.122. The van der Waals surface area contributed by atoms with Gasteiger partial charge in [-0.05, 0) is 54.6 Å². The molecule has 0 spiro atoms. The molecule has 7 nitrogen and oxygen atoms in total. The number of methoxy groups -OCH3 is 2. The fourth-order valence-electron chi connectivity index (χ4n) is 2.70. The molecule has 2 aromatic carbocycles. The summed E-state index contributed by atoms with van der Waals surface area (Å²) in [6.45, 7) is 2.07. The second kappa shape index (κ2) is 8.71. The highest BCUT2D eigenvalue weighted by atomic mass is 32.2. The Balaban J connectivity index is 1.96. The summed E-state index contributed by atoms with van der Waals surface area (Å²) in [7, 11) is -0.844. The number of rotatable bonds is 6. The van der Waals surface area contributed by atoms with Crippen LogP contribution in [0.15, 0.2) is 62.7 Å². The van der Waals surface area contributed by atoms with E-state index in [0.717, 1.165) is 17.3 Å². The molecule has 0 aliphatic carbocycles. The number of nitrogens with zero attached hydrogens (tertiary/aromatic N) is 2. The molecule has 0 aromatic heterocycles. The molecule has 1 fully saturated rings. The van der Waals surface area contributed by atoms with Crippen LogP contribution in [0.25, 0.3) is 6.08 Å². The first-order valence-corrected chi connectivity index (χ1v) is 11.0. The Morgan fingerprint density at radius 1 is 1.07 bits per heavy atom. The monoisotopic (exact) mass is 432 g/mol. The first-order chi connectivity index (χ1) is 13.9. The van der Waals surface area contributed by atoms with Gasteiger partial charge in [0, 0.05) is 6.54 Å². The fourth-order valence-corrected chi connectivity index (χ4v) is 4.96. The van der Waals surface area contributed by atoms with Gasteiger partial charge in [-0.1, -0.05) is 24.3 Å². The second-order valence-corrected chi connectivity index (χ2v) is 8.55. The Morgan fingerprint density at radius 3 is 2.38 bits per heavy atom. The van der Waals surface area contributed by atoms with Gasteiger partial charge in [-0.2, -0.15) is 8.42 Å². The zero-order valence-corrected chi connectivity index (χ0v) is 17.8. The van der Waals surface area contributed by atoms with Crippen molar-refractivity contribution in [2.75, 3.05) is 20.8 Å². The summed E-state index contributed by atoms with van der Waals surface area (Å²) in [4.78, 5) is 14.6. The molecule has 0 bridgehead atoms. The van der Waals surface area contributed by atoms with E-state index < -0.39 is 10.0 Å². The number of hydrogen-bond donors (Lipinski definition) is 0. The van der Waals surface area contributed by atoms with Gasteiger partial charge in [-0.25, -0.2) is 0 Å². The van der Waals surface area contributed by atoms with E-state index in [0.29, 0.717) is 22.9 Å². The number of thioether (sulfide) groups is 1. The first-order valence-electron chi connectivity index (χ1n) is 8.73. The van der Waals surface area contributed by atoms with E-state index in [1.54, 1.807) is 56.5 Å². The average molecular weight is 433 g/mol. The summed E-state index contributed by atoms with van der Waals surface area (Å²) in [6, 6.07) is 13.2. The second-order valence-electron chi connectivity index (χ2n) is 5.94. The van der Waals surface area contributed by atoms with Crippen molar-refractivity contribution in [3.8, 4) is 11.5 Å². The zero-order chi connectivity index (χ0) is 21.0. The van der Waals surface area contributed by atoms with E-state index in [2.05, 4.69) is 4.40 Å². The predicted octanol–water partition coefficient (Wildman–Crippen LogP) is 3.38. The lowest BCUT2D eigenvalue weighted by Crippen LogP contribution is -2.29. The first kappa shape index (κ1) is 20.9. The highest BCUT2D eigenvalue weighted by molar-refractivity contribution is 8.19. The van der Waals surface area contributed by atoms with Crippen molar-refractivity contribution in [1.29, 1.82) is 0 Å². The molecule has 1 saturated heterocycles. The molecule has 0 saturated carbocycles. The molecule has 1 heterocycles. The van der Waals surface area contributed by atoms with E-state index in [4.69, 9.17) is 9.47 Å². The number of amides is 1. The third kappa shape index (κ3) is 4.46. The van der Waals surface area contributed by atoms with Gasteiger partial charge < -0.3 is 9.47 Å². The van der Waals surface area contributed by atoms with Crippen molar-refractivity contribution in [1.82, 2.24) is 4.90 Å². The average Bonchev–Trinajstić information content (AvgIpc) is 3.01. The number of carbonyl (C=O) groups excluding carboxylic acids is 1.